The molecule has 4 aromatic rings. The lowest BCUT2D eigenvalue weighted by Crippen LogP contribution is -2.29. The van der Waals surface area contributed by atoms with Gasteiger partial charge >= 0.3 is 5.97 Å². The summed E-state index contributed by atoms with van der Waals surface area (Å²) in [5.41, 5.74) is 4.02. The van der Waals surface area contributed by atoms with Crippen LogP contribution < -0.4 is 4.74 Å². The molecule has 2 heterocycles. The fourth-order valence-electron chi connectivity index (χ4n) is 6.20. The SMILES string of the molecule is CCOC(=O)C1=C(C)C=C2O/C(=C\c3ccc(-c4cccc(C(C)(C)C)c4)o3)C(=O)C2C1c1c(OC)ccc2ccccc12. The van der Waals surface area contributed by atoms with Crippen LogP contribution in [0.15, 0.2) is 106 Å². The van der Waals surface area contributed by atoms with Gasteiger partial charge in [-0.25, -0.2) is 4.79 Å². The first-order valence-corrected chi connectivity index (χ1v) is 14.9. The third-order valence-corrected chi connectivity index (χ3v) is 8.36. The second-order valence-electron chi connectivity index (χ2n) is 12.2. The zero-order valence-electron chi connectivity index (χ0n) is 25.9. The Bertz CT molecular complexity index is 1880. The average molecular weight is 589 g/mol. The number of hydrogen-bond donors (Lipinski definition) is 0. The third-order valence-electron chi connectivity index (χ3n) is 8.36. The summed E-state index contributed by atoms with van der Waals surface area (Å²) in [6.45, 7) is 10.4. The first-order chi connectivity index (χ1) is 21.1. The number of Topliss-reactive ketones (excluding diaryl/α,β-unsaturated/α-hetero) is 1. The molecule has 0 amide bonds. The van der Waals surface area contributed by atoms with Crippen molar-refractivity contribution in [1.29, 1.82) is 0 Å². The van der Waals surface area contributed by atoms with E-state index in [1.165, 1.54) is 5.56 Å². The molecule has 224 valence electrons. The zero-order valence-corrected chi connectivity index (χ0v) is 25.9. The summed E-state index contributed by atoms with van der Waals surface area (Å²) < 4.78 is 23.8. The van der Waals surface area contributed by atoms with E-state index in [2.05, 4.69) is 32.9 Å². The lowest BCUT2D eigenvalue weighted by molar-refractivity contribution is -0.139. The van der Waals surface area contributed by atoms with E-state index in [-0.39, 0.29) is 23.6 Å². The van der Waals surface area contributed by atoms with E-state index in [0.717, 1.165) is 21.9 Å². The van der Waals surface area contributed by atoms with Gasteiger partial charge in [0, 0.05) is 28.7 Å². The Morgan fingerprint density at radius 1 is 0.977 bits per heavy atom. The summed E-state index contributed by atoms with van der Waals surface area (Å²) in [4.78, 5) is 27.7. The molecule has 0 N–H and O–H groups in total. The number of ketones is 1. The van der Waals surface area contributed by atoms with Crippen LogP contribution in [0, 0.1) is 5.92 Å². The van der Waals surface area contributed by atoms with Crippen LogP contribution in [0.5, 0.6) is 5.75 Å². The van der Waals surface area contributed by atoms with Gasteiger partial charge in [0.25, 0.3) is 0 Å². The molecule has 0 radical (unpaired) electrons. The Morgan fingerprint density at radius 3 is 2.52 bits per heavy atom. The quantitative estimate of drug-likeness (QED) is 0.166. The Hall–Kier alpha value is -4.84. The Balaban J connectivity index is 1.43. The number of carbonyl (C=O) groups excluding carboxylic acids is 2. The van der Waals surface area contributed by atoms with Crippen molar-refractivity contribution < 1.29 is 28.2 Å². The fourth-order valence-corrected chi connectivity index (χ4v) is 6.20. The predicted molar refractivity (Wildman–Crippen MR) is 171 cm³/mol. The van der Waals surface area contributed by atoms with Crippen molar-refractivity contribution in [2.45, 2.75) is 46.0 Å². The predicted octanol–water partition coefficient (Wildman–Crippen LogP) is 8.52. The Labute approximate surface area is 257 Å². The number of furan rings is 1. The van der Waals surface area contributed by atoms with Crippen LogP contribution in [0.25, 0.3) is 28.2 Å². The summed E-state index contributed by atoms with van der Waals surface area (Å²) in [5, 5.41) is 1.87. The minimum absolute atomic E-state index is 0.000589. The minimum atomic E-state index is -0.776. The number of methoxy groups -OCH3 is 1. The molecule has 6 heteroatoms. The number of carbonyl (C=O) groups is 2. The summed E-state index contributed by atoms with van der Waals surface area (Å²) in [6.07, 6.45) is 3.41. The first kappa shape index (κ1) is 29.2. The van der Waals surface area contributed by atoms with Crippen LogP contribution in [-0.4, -0.2) is 25.5 Å². The lowest BCUT2D eigenvalue weighted by Gasteiger charge is -2.30. The number of hydrogen-bond acceptors (Lipinski definition) is 6. The van der Waals surface area contributed by atoms with Gasteiger partial charge in [0.1, 0.15) is 23.0 Å². The average Bonchev–Trinajstić information content (AvgIpc) is 3.59. The Morgan fingerprint density at radius 2 is 1.77 bits per heavy atom. The maximum Gasteiger partial charge on any atom is 0.334 e. The number of rotatable bonds is 6. The third kappa shape index (κ3) is 5.15. The fraction of sp³-hybridized carbons (Fsp3) is 0.263. The van der Waals surface area contributed by atoms with Crippen LogP contribution in [0.3, 0.4) is 0 Å². The maximum absolute atomic E-state index is 14.2. The highest BCUT2D eigenvalue weighted by molar-refractivity contribution is 6.07. The van der Waals surface area contributed by atoms with Gasteiger partial charge in [-0.05, 0) is 71.5 Å². The van der Waals surface area contributed by atoms with Crippen molar-refractivity contribution in [3.05, 3.63) is 118 Å². The van der Waals surface area contributed by atoms with Gasteiger partial charge in [-0.1, -0.05) is 69.3 Å². The van der Waals surface area contributed by atoms with E-state index in [9.17, 15) is 9.59 Å². The molecule has 1 aliphatic heterocycles. The van der Waals surface area contributed by atoms with Crippen LogP contribution in [0.4, 0.5) is 0 Å². The Kier molecular flexibility index (Phi) is 7.54. The molecule has 1 aliphatic carbocycles. The molecule has 6 rings (SSSR count). The standard InChI is InChI=1S/C38H36O6/c1-7-42-37(40)32-22(2)19-30-34(35(32)33-27-14-9-8-11-23(27)15-17-29(33)41-6)36(39)31(44-30)21-26-16-18-28(43-26)24-12-10-13-25(20-24)38(3,4)5/h8-21,34-35H,7H2,1-6H3/b31-21-. The van der Waals surface area contributed by atoms with E-state index in [1.54, 1.807) is 26.2 Å². The monoisotopic (exact) mass is 588 g/mol. The van der Waals surface area contributed by atoms with Crippen molar-refractivity contribution in [3.63, 3.8) is 0 Å². The van der Waals surface area contributed by atoms with Crippen molar-refractivity contribution in [3.8, 4) is 17.1 Å². The summed E-state index contributed by atoms with van der Waals surface area (Å²) in [7, 11) is 1.60. The van der Waals surface area contributed by atoms with Gasteiger partial charge in [-0.15, -0.1) is 0 Å². The van der Waals surface area contributed by atoms with Crippen molar-refractivity contribution in [1.82, 2.24) is 0 Å². The molecule has 0 spiro atoms. The maximum atomic E-state index is 14.2. The minimum Gasteiger partial charge on any atom is -0.496 e. The van der Waals surface area contributed by atoms with Gasteiger partial charge in [0.05, 0.1) is 19.6 Å². The molecular weight excluding hydrogens is 552 g/mol. The highest BCUT2D eigenvalue weighted by atomic mass is 16.5. The van der Waals surface area contributed by atoms with E-state index in [4.69, 9.17) is 18.6 Å². The summed E-state index contributed by atoms with van der Waals surface area (Å²) in [6, 6.07) is 23.7. The highest BCUT2D eigenvalue weighted by Crippen LogP contribution is 2.52. The number of ether oxygens (including phenoxy) is 3. The molecule has 6 nitrogen and oxygen atoms in total. The first-order valence-electron chi connectivity index (χ1n) is 14.9. The molecule has 1 fully saturated rings. The topological polar surface area (TPSA) is 75.0 Å². The molecule has 3 aromatic carbocycles. The number of benzene rings is 3. The normalized spacial score (nSPS) is 19.2. The number of esters is 1. The largest absolute Gasteiger partial charge is 0.496 e. The molecule has 2 atom stereocenters. The van der Waals surface area contributed by atoms with E-state index in [0.29, 0.717) is 34.2 Å². The number of allylic oxidation sites excluding steroid dienone is 4. The lowest BCUT2D eigenvalue weighted by atomic mass is 9.71. The van der Waals surface area contributed by atoms with Gasteiger partial charge in [0.2, 0.25) is 5.78 Å². The van der Waals surface area contributed by atoms with Crippen molar-refractivity contribution in [2.75, 3.05) is 13.7 Å². The van der Waals surface area contributed by atoms with Gasteiger partial charge in [0.15, 0.2) is 5.76 Å². The summed E-state index contributed by atoms with van der Waals surface area (Å²) in [5.74, 6) is 0.274. The molecule has 2 aliphatic rings. The zero-order chi connectivity index (χ0) is 31.2. The molecule has 0 bridgehead atoms. The molecule has 2 unspecified atom stereocenters. The van der Waals surface area contributed by atoms with Crippen LogP contribution in [-0.2, 0) is 24.5 Å². The van der Waals surface area contributed by atoms with E-state index < -0.39 is 17.8 Å². The molecular formula is C38H36O6. The van der Waals surface area contributed by atoms with Crippen molar-refractivity contribution in [2.24, 2.45) is 5.92 Å². The van der Waals surface area contributed by atoms with Crippen LogP contribution in [0.1, 0.15) is 57.4 Å². The molecule has 1 saturated heterocycles. The van der Waals surface area contributed by atoms with Gasteiger partial charge in [-0.2, -0.15) is 0 Å². The molecule has 44 heavy (non-hydrogen) atoms. The number of fused-ring (bicyclic) bond motifs is 2. The molecule has 1 aromatic heterocycles. The highest BCUT2D eigenvalue weighted by Gasteiger charge is 2.49. The smallest absolute Gasteiger partial charge is 0.334 e. The molecule has 0 saturated carbocycles. The van der Waals surface area contributed by atoms with E-state index >= 15 is 0 Å². The van der Waals surface area contributed by atoms with Crippen LogP contribution in [0.2, 0.25) is 0 Å². The van der Waals surface area contributed by atoms with Gasteiger partial charge < -0.3 is 18.6 Å². The summed E-state index contributed by atoms with van der Waals surface area (Å²) >= 11 is 0. The van der Waals surface area contributed by atoms with Gasteiger partial charge in [-0.3, -0.25) is 4.79 Å². The second-order valence-corrected chi connectivity index (χ2v) is 12.2. The van der Waals surface area contributed by atoms with E-state index in [1.807, 2.05) is 67.6 Å². The van der Waals surface area contributed by atoms with Crippen LogP contribution >= 0.6 is 0 Å². The van der Waals surface area contributed by atoms with Crippen molar-refractivity contribution >= 4 is 28.6 Å². The second kappa shape index (κ2) is 11.3.